The molecule has 12 heteroatoms. The van der Waals surface area contributed by atoms with E-state index in [4.69, 9.17) is 0 Å². The van der Waals surface area contributed by atoms with Gasteiger partial charge in [0.2, 0.25) is 11.9 Å². The van der Waals surface area contributed by atoms with Crippen LogP contribution in [0.25, 0.3) is 11.2 Å². The SMILES string of the molecule is CCN1C(=O)Cn2c1nc1c(nc(Br)n1Cc1cc(F)ccc1C(F)(F)F)c2=O. The summed E-state index contributed by atoms with van der Waals surface area (Å²) in [6.07, 6.45) is -4.69. The van der Waals surface area contributed by atoms with Gasteiger partial charge in [-0.05, 0) is 46.6 Å². The van der Waals surface area contributed by atoms with Gasteiger partial charge in [-0.2, -0.15) is 18.2 Å². The molecule has 7 nitrogen and oxygen atoms in total. The predicted molar refractivity (Wildman–Crippen MR) is 98.0 cm³/mol. The number of anilines is 1. The third-order valence-electron chi connectivity index (χ3n) is 4.64. The van der Waals surface area contributed by atoms with Gasteiger partial charge in [-0.15, -0.1) is 0 Å². The lowest BCUT2D eigenvalue weighted by molar-refractivity contribution is -0.138. The lowest BCUT2D eigenvalue weighted by Gasteiger charge is -2.15. The zero-order chi connectivity index (χ0) is 21.1. The van der Waals surface area contributed by atoms with Crippen molar-refractivity contribution in [2.75, 3.05) is 11.4 Å². The third-order valence-corrected chi connectivity index (χ3v) is 5.25. The number of hydrogen-bond donors (Lipinski definition) is 0. The van der Waals surface area contributed by atoms with Gasteiger partial charge in [0, 0.05) is 6.54 Å². The number of nitrogens with zero attached hydrogens (tertiary/aromatic N) is 5. The topological polar surface area (TPSA) is 73.0 Å². The maximum Gasteiger partial charge on any atom is 0.416 e. The van der Waals surface area contributed by atoms with Crippen LogP contribution in [0.1, 0.15) is 18.1 Å². The average molecular weight is 474 g/mol. The lowest BCUT2D eigenvalue weighted by Crippen LogP contribution is -2.26. The van der Waals surface area contributed by atoms with Gasteiger partial charge in [-0.3, -0.25) is 23.6 Å². The molecule has 0 spiro atoms. The van der Waals surface area contributed by atoms with Crippen LogP contribution in [0.15, 0.2) is 27.7 Å². The van der Waals surface area contributed by atoms with Gasteiger partial charge < -0.3 is 0 Å². The Morgan fingerprint density at radius 2 is 1.93 bits per heavy atom. The van der Waals surface area contributed by atoms with Crippen molar-refractivity contribution in [3.63, 3.8) is 0 Å². The molecular weight excluding hydrogens is 462 g/mol. The van der Waals surface area contributed by atoms with Gasteiger partial charge in [0.1, 0.15) is 12.4 Å². The van der Waals surface area contributed by atoms with E-state index in [1.165, 1.54) is 14.0 Å². The van der Waals surface area contributed by atoms with E-state index in [1.807, 2.05) is 0 Å². The number of aromatic nitrogens is 4. The molecular formula is C17H12BrF4N5O2. The molecule has 0 radical (unpaired) electrons. The summed E-state index contributed by atoms with van der Waals surface area (Å²) in [6, 6.07) is 2.17. The fourth-order valence-electron chi connectivity index (χ4n) is 3.33. The first kappa shape index (κ1) is 19.6. The second-order valence-electron chi connectivity index (χ2n) is 6.38. The van der Waals surface area contributed by atoms with Crippen molar-refractivity contribution in [3.05, 3.63) is 50.2 Å². The smallest absolute Gasteiger partial charge is 0.298 e. The maximum atomic E-state index is 13.6. The summed E-state index contributed by atoms with van der Waals surface area (Å²) >= 11 is 3.14. The van der Waals surface area contributed by atoms with Crippen LogP contribution in [0.5, 0.6) is 0 Å². The average Bonchev–Trinajstić information content (AvgIpc) is 3.12. The molecule has 0 aliphatic carbocycles. The van der Waals surface area contributed by atoms with E-state index in [0.717, 1.165) is 12.1 Å². The zero-order valence-corrected chi connectivity index (χ0v) is 16.4. The fraction of sp³-hybridized carbons (Fsp3) is 0.294. The number of imidazole rings is 1. The van der Waals surface area contributed by atoms with E-state index >= 15 is 0 Å². The molecule has 2 aromatic heterocycles. The van der Waals surface area contributed by atoms with Crippen LogP contribution in [-0.2, 0) is 24.1 Å². The molecule has 0 bridgehead atoms. The number of rotatable bonds is 3. The number of fused-ring (bicyclic) bond motifs is 2. The molecule has 152 valence electrons. The lowest BCUT2D eigenvalue weighted by atomic mass is 10.1. The Hall–Kier alpha value is -2.76. The molecule has 3 aromatic rings. The van der Waals surface area contributed by atoms with Gasteiger partial charge in [0.05, 0.1) is 12.1 Å². The van der Waals surface area contributed by atoms with Crippen molar-refractivity contribution in [1.82, 2.24) is 19.1 Å². The van der Waals surface area contributed by atoms with Crippen molar-refractivity contribution < 1.29 is 22.4 Å². The largest absolute Gasteiger partial charge is 0.416 e. The number of amides is 1. The van der Waals surface area contributed by atoms with E-state index in [9.17, 15) is 27.2 Å². The Morgan fingerprint density at radius 1 is 1.21 bits per heavy atom. The molecule has 0 unspecified atom stereocenters. The number of alkyl halides is 3. The van der Waals surface area contributed by atoms with Crippen molar-refractivity contribution in [2.24, 2.45) is 0 Å². The predicted octanol–water partition coefficient (Wildman–Crippen LogP) is 2.93. The molecule has 4 rings (SSSR count). The first-order chi connectivity index (χ1) is 13.6. The minimum atomic E-state index is -4.69. The first-order valence-corrected chi connectivity index (χ1v) is 9.23. The van der Waals surface area contributed by atoms with Gasteiger partial charge in [0.25, 0.3) is 5.56 Å². The van der Waals surface area contributed by atoms with Gasteiger partial charge in [-0.25, -0.2) is 9.37 Å². The van der Waals surface area contributed by atoms with Crippen molar-refractivity contribution in [1.29, 1.82) is 0 Å². The molecule has 1 amide bonds. The second kappa shape index (κ2) is 6.65. The molecule has 0 saturated heterocycles. The minimum absolute atomic E-state index is 0.00124. The number of halogens is 5. The minimum Gasteiger partial charge on any atom is -0.298 e. The number of hydrogen-bond acceptors (Lipinski definition) is 4. The molecule has 29 heavy (non-hydrogen) atoms. The van der Waals surface area contributed by atoms with Crippen LogP contribution in [0.2, 0.25) is 0 Å². The third kappa shape index (κ3) is 3.11. The highest BCUT2D eigenvalue weighted by Crippen LogP contribution is 2.33. The maximum absolute atomic E-state index is 13.6. The van der Waals surface area contributed by atoms with Gasteiger partial charge in [-0.1, -0.05) is 0 Å². The van der Waals surface area contributed by atoms with Crippen molar-refractivity contribution >= 4 is 38.9 Å². The molecule has 0 atom stereocenters. The van der Waals surface area contributed by atoms with Crippen molar-refractivity contribution in [3.8, 4) is 0 Å². The van der Waals surface area contributed by atoms with Crippen LogP contribution in [-0.4, -0.2) is 31.6 Å². The van der Waals surface area contributed by atoms with Crippen LogP contribution in [0.3, 0.4) is 0 Å². The summed E-state index contributed by atoms with van der Waals surface area (Å²) in [4.78, 5) is 34.5. The monoisotopic (exact) mass is 473 g/mol. The van der Waals surface area contributed by atoms with E-state index < -0.39 is 29.7 Å². The Labute approximate surface area is 168 Å². The van der Waals surface area contributed by atoms with Crippen LogP contribution < -0.4 is 10.5 Å². The van der Waals surface area contributed by atoms with Gasteiger partial charge >= 0.3 is 6.18 Å². The Bertz CT molecular complexity index is 1220. The Kier molecular flexibility index (Phi) is 4.48. The number of benzene rings is 1. The van der Waals surface area contributed by atoms with E-state index in [-0.39, 0.29) is 46.4 Å². The molecule has 0 fully saturated rings. The van der Waals surface area contributed by atoms with Crippen LogP contribution >= 0.6 is 15.9 Å². The highest BCUT2D eigenvalue weighted by atomic mass is 79.9. The summed E-state index contributed by atoms with van der Waals surface area (Å²) in [5.74, 6) is -1.05. The van der Waals surface area contributed by atoms with Crippen LogP contribution in [0.4, 0.5) is 23.5 Å². The molecule has 1 aliphatic rings. The molecule has 0 saturated carbocycles. The van der Waals surface area contributed by atoms with E-state index in [0.29, 0.717) is 6.07 Å². The first-order valence-electron chi connectivity index (χ1n) is 8.44. The second-order valence-corrected chi connectivity index (χ2v) is 7.09. The van der Waals surface area contributed by atoms with Gasteiger partial charge in [0.15, 0.2) is 15.9 Å². The summed E-state index contributed by atoms with van der Waals surface area (Å²) in [6.45, 7) is 1.37. The molecule has 1 aliphatic heterocycles. The normalized spacial score (nSPS) is 14.1. The fourth-order valence-corrected chi connectivity index (χ4v) is 3.80. The summed E-state index contributed by atoms with van der Waals surface area (Å²) in [5, 5.41) is 0. The van der Waals surface area contributed by atoms with E-state index in [1.54, 1.807) is 6.92 Å². The summed E-state index contributed by atoms with van der Waals surface area (Å²) < 4.78 is 56.1. The van der Waals surface area contributed by atoms with E-state index in [2.05, 4.69) is 25.9 Å². The standard InChI is InChI=1S/C17H12BrF4N5O2/c1-2-25-11(28)7-27-14(29)12-13(24-16(25)27)26(15(18)23-12)6-8-5-9(19)3-4-10(8)17(20,21)22/h3-5H,2,6-7H2,1H3. The highest BCUT2D eigenvalue weighted by molar-refractivity contribution is 9.10. The number of carbonyl (C=O) groups is 1. The summed E-state index contributed by atoms with van der Waals surface area (Å²) in [5.41, 5.74) is -2.03. The number of carbonyl (C=O) groups excluding carboxylic acids is 1. The summed E-state index contributed by atoms with van der Waals surface area (Å²) in [7, 11) is 0. The molecule has 0 N–H and O–H groups in total. The van der Waals surface area contributed by atoms with Crippen molar-refractivity contribution in [2.45, 2.75) is 26.2 Å². The Morgan fingerprint density at radius 3 is 2.59 bits per heavy atom. The Balaban J connectivity index is 1.91. The zero-order valence-electron chi connectivity index (χ0n) is 14.8. The number of likely N-dealkylation sites (N-methyl/N-ethyl adjacent to an activating group) is 1. The molecule has 1 aromatic carbocycles. The molecule has 3 heterocycles. The highest BCUT2D eigenvalue weighted by Gasteiger charge is 2.35. The quantitative estimate of drug-likeness (QED) is 0.433. The van der Waals surface area contributed by atoms with Crippen LogP contribution in [0, 0.1) is 5.82 Å².